The number of amides is 1. The highest BCUT2D eigenvalue weighted by Crippen LogP contribution is 2.06. The smallest absolute Gasteiger partial charge is 0.335 e. The average Bonchev–Trinajstić information content (AvgIpc) is 2.17. The van der Waals surface area contributed by atoms with Crippen LogP contribution in [0.2, 0.25) is 0 Å². The van der Waals surface area contributed by atoms with E-state index in [1.807, 2.05) is 0 Å². The number of benzene rings is 1. The number of guanidine groups is 1. The fourth-order valence-corrected chi connectivity index (χ4v) is 0.967. The highest BCUT2D eigenvalue weighted by atomic mass is 16.4. The lowest BCUT2D eigenvalue weighted by molar-refractivity contribution is 0.0697. The first kappa shape index (κ1) is 10.7. The van der Waals surface area contributed by atoms with E-state index in [0.717, 1.165) is 0 Å². The first-order chi connectivity index (χ1) is 7.00. The molecule has 78 valence electrons. The average molecular weight is 207 g/mol. The molecule has 0 saturated heterocycles. The third kappa shape index (κ3) is 2.80. The van der Waals surface area contributed by atoms with Crippen molar-refractivity contribution >= 4 is 17.8 Å². The van der Waals surface area contributed by atoms with Crippen LogP contribution in [0.5, 0.6) is 0 Å². The minimum absolute atomic E-state index is 0.00615. The molecule has 6 nitrogen and oxygen atoms in total. The van der Waals surface area contributed by atoms with E-state index in [1.165, 1.54) is 24.3 Å². The number of carbonyl (C=O) groups is 2. The van der Waals surface area contributed by atoms with Crippen LogP contribution in [0.4, 0.5) is 0 Å². The predicted molar refractivity (Wildman–Crippen MR) is 53.5 cm³/mol. The summed E-state index contributed by atoms with van der Waals surface area (Å²) in [7, 11) is 0. The SMILES string of the molecule is NC(N)=NC(=O)c1cccc(C(=O)O)c1. The van der Waals surface area contributed by atoms with Gasteiger partial charge < -0.3 is 16.6 Å². The van der Waals surface area contributed by atoms with Gasteiger partial charge in [0.15, 0.2) is 5.96 Å². The molecule has 0 spiro atoms. The fourth-order valence-electron chi connectivity index (χ4n) is 0.967. The molecule has 0 heterocycles. The molecule has 0 aliphatic rings. The largest absolute Gasteiger partial charge is 0.478 e. The van der Waals surface area contributed by atoms with Crippen molar-refractivity contribution < 1.29 is 14.7 Å². The zero-order chi connectivity index (χ0) is 11.4. The number of nitrogens with two attached hydrogens (primary N) is 2. The van der Waals surface area contributed by atoms with E-state index in [1.54, 1.807) is 0 Å². The van der Waals surface area contributed by atoms with Crippen molar-refractivity contribution in [2.75, 3.05) is 0 Å². The van der Waals surface area contributed by atoms with Crippen LogP contribution in [0.1, 0.15) is 20.7 Å². The van der Waals surface area contributed by atoms with Gasteiger partial charge in [0.05, 0.1) is 5.56 Å². The van der Waals surface area contributed by atoms with Crippen molar-refractivity contribution in [1.29, 1.82) is 0 Å². The van der Waals surface area contributed by atoms with Crippen LogP contribution in [0.25, 0.3) is 0 Å². The molecule has 0 aromatic heterocycles. The van der Waals surface area contributed by atoms with E-state index < -0.39 is 11.9 Å². The Morgan fingerprint density at radius 2 is 1.80 bits per heavy atom. The number of carboxylic acids is 1. The van der Waals surface area contributed by atoms with Crippen molar-refractivity contribution in [2.45, 2.75) is 0 Å². The predicted octanol–water partition coefficient (Wildman–Crippen LogP) is -0.202. The normalized spacial score (nSPS) is 9.33. The second-order valence-electron chi connectivity index (χ2n) is 2.73. The zero-order valence-electron chi connectivity index (χ0n) is 7.68. The van der Waals surface area contributed by atoms with Crippen molar-refractivity contribution in [2.24, 2.45) is 16.5 Å². The molecule has 15 heavy (non-hydrogen) atoms. The second kappa shape index (κ2) is 4.23. The number of carboxylic acid groups (broad SMARTS) is 1. The highest BCUT2D eigenvalue weighted by molar-refractivity contribution is 6.03. The Bertz CT molecular complexity index is 436. The van der Waals surface area contributed by atoms with Gasteiger partial charge in [-0.15, -0.1) is 0 Å². The van der Waals surface area contributed by atoms with Crippen molar-refractivity contribution in [3.63, 3.8) is 0 Å². The topological polar surface area (TPSA) is 119 Å². The summed E-state index contributed by atoms with van der Waals surface area (Å²) in [6.07, 6.45) is 0. The van der Waals surface area contributed by atoms with Gasteiger partial charge in [-0.05, 0) is 18.2 Å². The number of aliphatic imine (C=N–C) groups is 1. The Balaban J connectivity index is 3.06. The Kier molecular flexibility index (Phi) is 3.02. The summed E-state index contributed by atoms with van der Waals surface area (Å²) in [5.41, 5.74) is 10.2. The molecule has 1 amide bonds. The number of aromatic carboxylic acids is 1. The lowest BCUT2D eigenvalue weighted by Gasteiger charge is -1.98. The summed E-state index contributed by atoms with van der Waals surface area (Å²) in [6, 6.07) is 5.45. The molecule has 0 fully saturated rings. The summed E-state index contributed by atoms with van der Waals surface area (Å²) in [5.74, 6) is -2.15. The van der Waals surface area contributed by atoms with Crippen LogP contribution in [0.15, 0.2) is 29.3 Å². The van der Waals surface area contributed by atoms with Crippen molar-refractivity contribution in [1.82, 2.24) is 0 Å². The number of hydrogen-bond donors (Lipinski definition) is 3. The van der Waals surface area contributed by atoms with Gasteiger partial charge in [-0.1, -0.05) is 6.07 Å². The maximum Gasteiger partial charge on any atom is 0.335 e. The summed E-state index contributed by atoms with van der Waals surface area (Å²) in [6.45, 7) is 0. The number of hydrogen-bond acceptors (Lipinski definition) is 2. The van der Waals surface area contributed by atoms with E-state index >= 15 is 0 Å². The molecule has 0 atom stereocenters. The van der Waals surface area contributed by atoms with E-state index in [9.17, 15) is 9.59 Å². The van der Waals surface area contributed by atoms with Crippen LogP contribution in [0, 0.1) is 0 Å². The lowest BCUT2D eigenvalue weighted by atomic mass is 10.1. The standard InChI is InChI=1S/C9H9N3O3/c10-9(11)12-7(13)5-2-1-3-6(4-5)8(14)15/h1-4H,(H,14,15)(H4,10,11,12,13). The zero-order valence-corrected chi connectivity index (χ0v) is 7.68. The number of nitrogens with zero attached hydrogens (tertiary/aromatic N) is 1. The molecular weight excluding hydrogens is 198 g/mol. The third-order valence-corrected chi connectivity index (χ3v) is 1.59. The molecule has 1 aromatic carbocycles. The molecule has 0 aliphatic carbocycles. The highest BCUT2D eigenvalue weighted by Gasteiger charge is 2.08. The van der Waals surface area contributed by atoms with Crippen LogP contribution in [-0.2, 0) is 0 Å². The van der Waals surface area contributed by atoms with Gasteiger partial charge in [-0.3, -0.25) is 4.79 Å². The van der Waals surface area contributed by atoms with Gasteiger partial charge in [-0.25, -0.2) is 4.79 Å². The summed E-state index contributed by atoms with van der Waals surface area (Å²) in [4.78, 5) is 25.2. The molecule has 0 radical (unpaired) electrons. The summed E-state index contributed by atoms with van der Waals surface area (Å²) < 4.78 is 0. The number of carbonyl (C=O) groups excluding carboxylic acids is 1. The van der Waals surface area contributed by atoms with Gasteiger partial charge >= 0.3 is 5.97 Å². The summed E-state index contributed by atoms with van der Waals surface area (Å²) in [5, 5.41) is 8.68. The van der Waals surface area contributed by atoms with Crippen LogP contribution in [0.3, 0.4) is 0 Å². The first-order valence-corrected chi connectivity index (χ1v) is 3.98. The van der Waals surface area contributed by atoms with Gasteiger partial charge in [0, 0.05) is 5.56 Å². The lowest BCUT2D eigenvalue weighted by Crippen LogP contribution is -2.24. The molecule has 0 saturated carbocycles. The van der Waals surface area contributed by atoms with E-state index in [4.69, 9.17) is 16.6 Å². The molecule has 0 unspecified atom stereocenters. The Morgan fingerprint density at radius 1 is 1.20 bits per heavy atom. The molecule has 6 heteroatoms. The minimum Gasteiger partial charge on any atom is -0.478 e. The number of rotatable bonds is 2. The fraction of sp³-hybridized carbons (Fsp3) is 0. The van der Waals surface area contributed by atoms with E-state index in [2.05, 4.69) is 4.99 Å². The maximum atomic E-state index is 11.3. The van der Waals surface area contributed by atoms with Crippen LogP contribution < -0.4 is 11.5 Å². The Labute approximate surface area is 85.2 Å². The van der Waals surface area contributed by atoms with E-state index in [0.29, 0.717) is 0 Å². The van der Waals surface area contributed by atoms with E-state index in [-0.39, 0.29) is 17.1 Å². The molecule has 0 aliphatic heterocycles. The van der Waals surface area contributed by atoms with Crippen LogP contribution in [-0.4, -0.2) is 22.9 Å². The minimum atomic E-state index is -1.12. The molecule has 5 N–H and O–H groups in total. The molecule has 1 aromatic rings. The Morgan fingerprint density at radius 3 is 2.33 bits per heavy atom. The van der Waals surface area contributed by atoms with Crippen molar-refractivity contribution in [3.05, 3.63) is 35.4 Å². The van der Waals surface area contributed by atoms with Crippen molar-refractivity contribution in [3.8, 4) is 0 Å². The molecule has 1 rings (SSSR count). The molecule has 0 bridgehead atoms. The Hall–Kier alpha value is -2.37. The third-order valence-electron chi connectivity index (χ3n) is 1.59. The quantitative estimate of drug-likeness (QED) is 0.458. The monoisotopic (exact) mass is 207 g/mol. The second-order valence-corrected chi connectivity index (χ2v) is 2.73. The van der Waals surface area contributed by atoms with Gasteiger partial charge in [0.25, 0.3) is 5.91 Å². The molecular formula is C9H9N3O3. The summed E-state index contributed by atoms with van der Waals surface area (Å²) >= 11 is 0. The van der Waals surface area contributed by atoms with Gasteiger partial charge in [0.2, 0.25) is 0 Å². The van der Waals surface area contributed by atoms with Gasteiger partial charge in [-0.2, -0.15) is 4.99 Å². The van der Waals surface area contributed by atoms with Crippen LogP contribution >= 0.6 is 0 Å². The maximum absolute atomic E-state index is 11.3. The van der Waals surface area contributed by atoms with Gasteiger partial charge in [0.1, 0.15) is 0 Å². The first-order valence-electron chi connectivity index (χ1n) is 3.98.